The summed E-state index contributed by atoms with van der Waals surface area (Å²) in [7, 11) is 1.58. The van der Waals surface area contributed by atoms with E-state index in [-0.39, 0.29) is 42.8 Å². The Morgan fingerprint density at radius 1 is 0.660 bits per heavy atom. The number of nitrogens with zero attached hydrogens (tertiary/aromatic N) is 4. The zero-order chi connectivity index (χ0) is 37.3. The number of alkyl carbamates (subject to hydrolysis) is 1. The number of hydrogen-bond donors (Lipinski definition) is 2. The Morgan fingerprint density at radius 3 is 1.78 bits per heavy atom. The first-order valence-electron chi connectivity index (χ1n) is 18.5. The standard InChI is InChI=1S/C36H64N6O8/c1-35(2,3)49-33(47)38-21-17-15-18-28(42-27-30(44)39(7)26-31(42)45)32(46)37-20-16-13-11-9-8-10-12-14-19-29(43)40-22-24-41(25-23-40)34(48)50-36(4,5)6/h28H,8-27H2,1-7H3,(H,37,46)(H,38,47)/t28-/m0/s1. The molecule has 2 aliphatic rings. The van der Waals surface area contributed by atoms with Gasteiger partial charge in [-0.3, -0.25) is 19.2 Å². The van der Waals surface area contributed by atoms with Crippen LogP contribution in [0.2, 0.25) is 0 Å². The van der Waals surface area contributed by atoms with E-state index >= 15 is 0 Å². The summed E-state index contributed by atoms with van der Waals surface area (Å²) in [5, 5.41) is 5.69. The van der Waals surface area contributed by atoms with Gasteiger partial charge < -0.3 is 39.7 Å². The van der Waals surface area contributed by atoms with E-state index in [0.29, 0.717) is 65.0 Å². The highest BCUT2D eigenvalue weighted by atomic mass is 16.6. The Labute approximate surface area is 299 Å². The number of amides is 6. The predicted molar refractivity (Wildman–Crippen MR) is 190 cm³/mol. The first-order chi connectivity index (χ1) is 23.5. The first kappa shape index (κ1) is 42.6. The van der Waals surface area contributed by atoms with Crippen LogP contribution in [-0.2, 0) is 28.7 Å². The average Bonchev–Trinajstić information content (AvgIpc) is 3.01. The molecule has 2 heterocycles. The molecule has 14 heteroatoms. The van der Waals surface area contributed by atoms with Crippen LogP contribution in [0.3, 0.4) is 0 Å². The second-order valence-electron chi connectivity index (χ2n) is 15.4. The molecular weight excluding hydrogens is 644 g/mol. The molecule has 1 atom stereocenters. The summed E-state index contributed by atoms with van der Waals surface area (Å²) < 4.78 is 10.7. The van der Waals surface area contributed by atoms with E-state index in [1.54, 1.807) is 32.7 Å². The van der Waals surface area contributed by atoms with Gasteiger partial charge in [-0.25, -0.2) is 9.59 Å². The predicted octanol–water partition coefficient (Wildman–Crippen LogP) is 4.06. The van der Waals surface area contributed by atoms with E-state index in [2.05, 4.69) is 10.6 Å². The normalized spacial score (nSPS) is 16.3. The summed E-state index contributed by atoms with van der Waals surface area (Å²) >= 11 is 0. The smallest absolute Gasteiger partial charge is 0.410 e. The molecular formula is C36H64N6O8. The number of unbranched alkanes of at least 4 members (excludes halogenated alkanes) is 8. The van der Waals surface area contributed by atoms with Gasteiger partial charge in [0.15, 0.2) is 0 Å². The number of hydrogen-bond acceptors (Lipinski definition) is 8. The summed E-state index contributed by atoms with van der Waals surface area (Å²) in [5.74, 6) is -0.551. The Hall–Kier alpha value is -3.58. The van der Waals surface area contributed by atoms with Crippen molar-refractivity contribution in [1.82, 2.24) is 30.2 Å². The maximum Gasteiger partial charge on any atom is 0.410 e. The highest BCUT2D eigenvalue weighted by Gasteiger charge is 2.36. The summed E-state index contributed by atoms with van der Waals surface area (Å²) in [4.78, 5) is 81.3. The molecule has 0 aliphatic carbocycles. The molecule has 2 saturated heterocycles. The van der Waals surface area contributed by atoms with Gasteiger partial charge >= 0.3 is 12.2 Å². The van der Waals surface area contributed by atoms with Crippen LogP contribution in [0.15, 0.2) is 0 Å². The minimum atomic E-state index is -0.740. The van der Waals surface area contributed by atoms with Crippen LogP contribution < -0.4 is 10.6 Å². The zero-order valence-corrected chi connectivity index (χ0v) is 31.8. The number of carbonyl (C=O) groups excluding carboxylic acids is 6. The number of nitrogens with one attached hydrogen (secondary N) is 2. The third kappa shape index (κ3) is 16.9. The van der Waals surface area contributed by atoms with Crippen molar-refractivity contribution in [3.05, 3.63) is 0 Å². The molecule has 286 valence electrons. The summed E-state index contributed by atoms with van der Waals surface area (Å²) in [6.07, 6.45) is 9.26. The Bertz CT molecular complexity index is 1130. The molecule has 0 spiro atoms. The van der Waals surface area contributed by atoms with Crippen LogP contribution in [0.25, 0.3) is 0 Å². The van der Waals surface area contributed by atoms with Gasteiger partial charge in [0.25, 0.3) is 0 Å². The fourth-order valence-corrected chi connectivity index (χ4v) is 5.83. The third-order valence-electron chi connectivity index (χ3n) is 8.58. The van der Waals surface area contributed by atoms with Gasteiger partial charge in [-0.1, -0.05) is 38.5 Å². The summed E-state index contributed by atoms with van der Waals surface area (Å²) in [6.45, 7) is 13.7. The van der Waals surface area contributed by atoms with Gasteiger partial charge in [-0.05, 0) is 73.6 Å². The van der Waals surface area contributed by atoms with Gasteiger partial charge in [0, 0.05) is 52.7 Å². The molecule has 2 fully saturated rings. The molecule has 0 radical (unpaired) electrons. The van der Waals surface area contributed by atoms with Crippen molar-refractivity contribution in [2.45, 2.75) is 136 Å². The van der Waals surface area contributed by atoms with Crippen LogP contribution in [0, 0.1) is 0 Å². The molecule has 0 bridgehead atoms. The number of likely N-dealkylation sites (N-methyl/N-ethyl adjacent to an activating group) is 1. The van der Waals surface area contributed by atoms with Gasteiger partial charge in [0.05, 0.1) is 6.54 Å². The number of piperazine rings is 2. The SMILES string of the molecule is CN1CC(=O)N([C@@H](CCCCNC(=O)OC(C)(C)C)C(=O)NCCCCCCCCCCC(=O)N2CCN(C(=O)OC(C)(C)C)CC2)CC1=O. The van der Waals surface area contributed by atoms with Gasteiger partial charge in [-0.15, -0.1) is 0 Å². The van der Waals surface area contributed by atoms with Crippen molar-refractivity contribution in [2.75, 3.05) is 59.4 Å². The number of rotatable bonds is 18. The van der Waals surface area contributed by atoms with Crippen LogP contribution in [0.1, 0.15) is 119 Å². The van der Waals surface area contributed by atoms with Crippen molar-refractivity contribution in [3.8, 4) is 0 Å². The Balaban J connectivity index is 1.59. The second kappa shape index (κ2) is 20.9. The van der Waals surface area contributed by atoms with E-state index < -0.39 is 23.3 Å². The van der Waals surface area contributed by atoms with Gasteiger partial charge in [-0.2, -0.15) is 0 Å². The van der Waals surface area contributed by atoms with E-state index in [1.807, 2.05) is 25.7 Å². The zero-order valence-electron chi connectivity index (χ0n) is 31.8. The molecule has 50 heavy (non-hydrogen) atoms. The molecule has 2 N–H and O–H groups in total. The molecule has 0 saturated carbocycles. The molecule has 6 amide bonds. The van der Waals surface area contributed by atoms with Crippen LogP contribution in [0.4, 0.5) is 9.59 Å². The molecule has 2 aliphatic heterocycles. The second-order valence-corrected chi connectivity index (χ2v) is 15.4. The topological polar surface area (TPSA) is 158 Å². The minimum absolute atomic E-state index is 0.0478. The summed E-state index contributed by atoms with van der Waals surface area (Å²) in [6, 6.07) is -0.740. The largest absolute Gasteiger partial charge is 0.444 e. The first-order valence-corrected chi connectivity index (χ1v) is 18.5. The molecule has 0 aromatic rings. The molecule has 2 rings (SSSR count). The van der Waals surface area contributed by atoms with Crippen molar-refractivity contribution in [2.24, 2.45) is 0 Å². The van der Waals surface area contributed by atoms with E-state index in [0.717, 1.165) is 51.4 Å². The van der Waals surface area contributed by atoms with Crippen LogP contribution in [0.5, 0.6) is 0 Å². The van der Waals surface area contributed by atoms with Crippen LogP contribution in [-0.4, -0.2) is 132 Å². The molecule has 0 aromatic heterocycles. The van der Waals surface area contributed by atoms with Gasteiger partial charge in [0.1, 0.15) is 23.8 Å². The lowest BCUT2D eigenvalue weighted by molar-refractivity contribution is -0.153. The lowest BCUT2D eigenvalue weighted by atomic mass is 10.0. The molecule has 0 unspecified atom stereocenters. The fraction of sp³-hybridized carbons (Fsp3) is 0.833. The molecule has 14 nitrogen and oxygen atoms in total. The molecule has 0 aromatic carbocycles. The highest BCUT2D eigenvalue weighted by Crippen LogP contribution is 2.16. The van der Waals surface area contributed by atoms with Crippen molar-refractivity contribution >= 4 is 35.8 Å². The lowest BCUT2D eigenvalue weighted by Gasteiger charge is -2.36. The Kier molecular flexibility index (Phi) is 17.8. The van der Waals surface area contributed by atoms with E-state index in [9.17, 15) is 28.8 Å². The van der Waals surface area contributed by atoms with Crippen molar-refractivity contribution in [3.63, 3.8) is 0 Å². The minimum Gasteiger partial charge on any atom is -0.444 e. The van der Waals surface area contributed by atoms with E-state index in [1.165, 1.54) is 9.80 Å². The lowest BCUT2D eigenvalue weighted by Crippen LogP contribution is -2.59. The van der Waals surface area contributed by atoms with Crippen LogP contribution >= 0.6 is 0 Å². The fourth-order valence-electron chi connectivity index (χ4n) is 5.83. The number of ether oxygens (including phenoxy) is 2. The van der Waals surface area contributed by atoms with Crippen molar-refractivity contribution in [1.29, 1.82) is 0 Å². The quantitative estimate of drug-likeness (QED) is 0.202. The van der Waals surface area contributed by atoms with E-state index in [4.69, 9.17) is 9.47 Å². The average molecular weight is 709 g/mol. The van der Waals surface area contributed by atoms with Gasteiger partial charge in [0.2, 0.25) is 23.6 Å². The monoisotopic (exact) mass is 708 g/mol. The third-order valence-corrected chi connectivity index (χ3v) is 8.58. The Morgan fingerprint density at radius 2 is 1.18 bits per heavy atom. The van der Waals surface area contributed by atoms with Crippen molar-refractivity contribution < 1.29 is 38.2 Å². The summed E-state index contributed by atoms with van der Waals surface area (Å²) in [5.41, 5.74) is -1.12. The number of carbonyl (C=O) groups is 6. The maximum absolute atomic E-state index is 13.2. The maximum atomic E-state index is 13.2. The highest BCUT2D eigenvalue weighted by molar-refractivity contribution is 5.96.